The van der Waals surface area contributed by atoms with Crippen molar-refractivity contribution in [1.29, 1.82) is 0 Å². The van der Waals surface area contributed by atoms with Gasteiger partial charge in [0.2, 0.25) is 0 Å². The summed E-state index contributed by atoms with van der Waals surface area (Å²) in [7, 11) is 0. The molecule has 0 saturated carbocycles. The molecule has 2 aromatic rings. The van der Waals surface area contributed by atoms with Crippen LogP contribution in [0, 0.1) is 0 Å². The molecule has 0 aliphatic carbocycles. The van der Waals surface area contributed by atoms with E-state index in [0.717, 1.165) is 6.07 Å². The minimum atomic E-state index is -4.47. The van der Waals surface area contributed by atoms with Gasteiger partial charge in [-0.05, 0) is 24.6 Å². The topological polar surface area (TPSA) is 72.0 Å². The summed E-state index contributed by atoms with van der Waals surface area (Å²) in [4.78, 5) is 5.65. The summed E-state index contributed by atoms with van der Waals surface area (Å²) in [5.74, 6) is 0.443. The Bertz CT molecular complexity index is 698. The quantitative estimate of drug-likeness (QED) is 0.669. The molecule has 1 aromatic carbocycles. The van der Waals surface area contributed by atoms with Crippen LogP contribution in [0.25, 0.3) is 0 Å². The van der Waals surface area contributed by atoms with Crippen LogP contribution in [-0.4, -0.2) is 20.8 Å². The van der Waals surface area contributed by atoms with Crippen molar-refractivity contribution in [3.8, 4) is 0 Å². The number of nitrogens with two attached hydrogens (primary N) is 1. The van der Waals surface area contributed by atoms with Crippen LogP contribution in [0.5, 0.6) is 0 Å². The Hall–Kier alpha value is -2.22. The second-order valence-corrected chi connectivity index (χ2v) is 4.97. The van der Waals surface area contributed by atoms with Gasteiger partial charge in [0.15, 0.2) is 5.84 Å². The van der Waals surface area contributed by atoms with Crippen LogP contribution in [0.3, 0.4) is 0 Å². The molecule has 2 rings (SSSR count). The lowest BCUT2D eigenvalue weighted by Gasteiger charge is -2.10. The number of aromatic nitrogens is 3. The Kier molecular flexibility index (Phi) is 4.60. The number of hydrogen-bond donors (Lipinski definition) is 2. The van der Waals surface area contributed by atoms with Crippen molar-refractivity contribution in [1.82, 2.24) is 15.0 Å². The number of nitrogens with one attached hydrogen (secondary N) is 1. The van der Waals surface area contributed by atoms with E-state index in [1.807, 2.05) is 0 Å². The second-order valence-electron chi connectivity index (χ2n) is 4.56. The molecule has 0 aliphatic heterocycles. The molecular weight excluding hydrogens is 319 g/mol. The summed E-state index contributed by atoms with van der Waals surface area (Å²) in [6.07, 6.45) is -1.42. The normalized spacial score (nSPS) is 13.7. The third-order valence-corrected chi connectivity index (χ3v) is 3.00. The highest BCUT2D eigenvalue weighted by molar-refractivity contribution is 6.31. The number of halogens is 4. The predicted octanol–water partition coefficient (Wildman–Crippen LogP) is 3.19. The largest absolute Gasteiger partial charge is 0.417 e. The van der Waals surface area contributed by atoms with Crippen molar-refractivity contribution >= 4 is 17.4 Å². The zero-order valence-corrected chi connectivity index (χ0v) is 12.3. The molecule has 1 heterocycles. The number of benzene rings is 1. The van der Waals surface area contributed by atoms with E-state index in [4.69, 9.17) is 17.3 Å². The van der Waals surface area contributed by atoms with Gasteiger partial charge in [0, 0.05) is 11.8 Å². The van der Waals surface area contributed by atoms with Crippen molar-refractivity contribution in [3.05, 3.63) is 52.4 Å². The van der Waals surface area contributed by atoms with Gasteiger partial charge >= 0.3 is 6.18 Å². The van der Waals surface area contributed by atoms with Crippen molar-refractivity contribution in [2.24, 2.45) is 10.7 Å². The van der Waals surface area contributed by atoms with Gasteiger partial charge in [0.1, 0.15) is 6.33 Å². The van der Waals surface area contributed by atoms with E-state index in [-0.39, 0.29) is 11.6 Å². The van der Waals surface area contributed by atoms with Crippen molar-refractivity contribution in [2.75, 3.05) is 0 Å². The number of nitrogens with zero attached hydrogens (tertiary/aromatic N) is 3. The maximum absolute atomic E-state index is 12.6. The summed E-state index contributed by atoms with van der Waals surface area (Å²) in [6, 6.07) is 3.52. The summed E-state index contributed by atoms with van der Waals surface area (Å²) >= 11 is 5.67. The number of alkyl halides is 3. The molecule has 0 saturated heterocycles. The van der Waals surface area contributed by atoms with Crippen LogP contribution in [0.15, 0.2) is 41.3 Å². The van der Waals surface area contributed by atoms with Crippen LogP contribution in [0.4, 0.5) is 13.2 Å². The molecule has 0 fully saturated rings. The van der Waals surface area contributed by atoms with Crippen LogP contribution >= 0.6 is 11.6 Å². The average Bonchev–Trinajstić information content (AvgIpc) is 2.31. The molecule has 22 heavy (non-hydrogen) atoms. The van der Waals surface area contributed by atoms with Crippen molar-refractivity contribution in [3.63, 3.8) is 0 Å². The molecule has 0 atom stereocenters. The minimum absolute atomic E-state index is 0.144. The molecule has 3 N–H and O–H groups in total. The molecule has 9 heteroatoms. The molecule has 0 spiro atoms. The van der Waals surface area contributed by atoms with E-state index in [2.05, 4.69) is 15.2 Å². The fraction of sp³-hybridized carbons (Fsp3) is 0.231. The maximum atomic E-state index is 12.6. The first kappa shape index (κ1) is 16.2. The zero-order valence-electron chi connectivity index (χ0n) is 11.5. The molecule has 0 aliphatic rings. The summed E-state index contributed by atoms with van der Waals surface area (Å²) in [5, 5.41) is 6.30. The lowest BCUT2D eigenvalue weighted by Crippen LogP contribution is -2.21. The third-order valence-electron chi connectivity index (χ3n) is 2.69. The Morgan fingerprint density at radius 2 is 2.18 bits per heavy atom. The Morgan fingerprint density at radius 3 is 2.64 bits per heavy atom. The molecule has 118 valence electrons. The molecule has 0 unspecified atom stereocenters. The Morgan fingerprint density at radius 1 is 1.50 bits per heavy atom. The van der Waals surface area contributed by atoms with Gasteiger partial charge in [-0.1, -0.05) is 17.7 Å². The second kappa shape index (κ2) is 6.27. The SMILES string of the molecule is CC(N)=CC(=NCc1ccc(C(F)(F)F)c(Cl)c1)n1nc[nH]1. The van der Waals surface area contributed by atoms with Gasteiger partial charge in [-0.15, -0.1) is 5.10 Å². The molecule has 1 aromatic heterocycles. The predicted molar refractivity (Wildman–Crippen MR) is 77.5 cm³/mol. The minimum Gasteiger partial charge on any atom is -0.402 e. The number of hydrogen-bond acceptors (Lipinski definition) is 3. The summed E-state index contributed by atoms with van der Waals surface area (Å²) in [5.41, 5.74) is 5.80. The fourth-order valence-electron chi connectivity index (χ4n) is 1.68. The first-order chi connectivity index (χ1) is 10.3. The van der Waals surface area contributed by atoms with E-state index in [0.29, 0.717) is 17.1 Å². The van der Waals surface area contributed by atoms with E-state index in [9.17, 15) is 13.2 Å². The summed E-state index contributed by atoms with van der Waals surface area (Å²) in [6.45, 7) is 1.83. The zero-order chi connectivity index (χ0) is 16.3. The lowest BCUT2D eigenvalue weighted by molar-refractivity contribution is -0.137. The van der Waals surface area contributed by atoms with E-state index in [1.54, 1.807) is 13.0 Å². The van der Waals surface area contributed by atoms with E-state index >= 15 is 0 Å². The number of aliphatic imine (C=N–C) groups is 1. The van der Waals surface area contributed by atoms with Gasteiger partial charge in [-0.2, -0.15) is 18.0 Å². The van der Waals surface area contributed by atoms with E-state index < -0.39 is 11.7 Å². The van der Waals surface area contributed by atoms with Gasteiger partial charge in [-0.3, -0.25) is 10.1 Å². The summed E-state index contributed by atoms with van der Waals surface area (Å²) < 4.78 is 37.9. The highest BCUT2D eigenvalue weighted by Crippen LogP contribution is 2.34. The lowest BCUT2D eigenvalue weighted by atomic mass is 10.1. The number of allylic oxidation sites excluding steroid dienone is 2. The van der Waals surface area contributed by atoms with Crippen LogP contribution in [0.2, 0.25) is 5.02 Å². The smallest absolute Gasteiger partial charge is 0.402 e. The molecule has 5 nitrogen and oxygen atoms in total. The van der Waals surface area contributed by atoms with Crippen LogP contribution in [0.1, 0.15) is 18.1 Å². The molecule has 0 radical (unpaired) electrons. The highest BCUT2D eigenvalue weighted by atomic mass is 35.5. The van der Waals surface area contributed by atoms with Gasteiger partial charge in [0.05, 0.1) is 17.1 Å². The number of H-pyrrole nitrogens is 1. The fourth-order valence-corrected chi connectivity index (χ4v) is 1.99. The molecule has 0 bridgehead atoms. The average molecular weight is 332 g/mol. The molecular formula is C13H13ClF3N5. The maximum Gasteiger partial charge on any atom is 0.417 e. The Labute approximate surface area is 129 Å². The Balaban J connectivity index is 2.22. The standard InChI is InChI=1S/C13H13ClF3N5/c1-8(18)4-12(22-20-7-21-22)19-6-9-2-3-10(11(14)5-9)13(15,16)17/h2-5,7H,6,18H2,1H3,(H,20,21). The van der Waals surface area contributed by atoms with Gasteiger partial charge in [-0.25, -0.2) is 0 Å². The number of rotatable bonds is 3. The van der Waals surface area contributed by atoms with Crippen LogP contribution < -0.4 is 5.73 Å². The number of aromatic amines is 1. The first-order valence-corrected chi connectivity index (χ1v) is 6.58. The monoisotopic (exact) mass is 331 g/mol. The van der Waals surface area contributed by atoms with Crippen molar-refractivity contribution in [2.45, 2.75) is 19.6 Å². The van der Waals surface area contributed by atoms with Gasteiger partial charge < -0.3 is 5.73 Å². The highest BCUT2D eigenvalue weighted by Gasteiger charge is 2.32. The van der Waals surface area contributed by atoms with E-state index in [1.165, 1.54) is 23.3 Å². The third kappa shape index (κ3) is 3.91. The molecule has 0 amide bonds. The van der Waals surface area contributed by atoms with Gasteiger partial charge in [0.25, 0.3) is 0 Å². The van der Waals surface area contributed by atoms with Crippen LogP contribution in [-0.2, 0) is 12.7 Å². The first-order valence-electron chi connectivity index (χ1n) is 6.20. The van der Waals surface area contributed by atoms with Crippen molar-refractivity contribution < 1.29 is 13.2 Å².